The van der Waals surface area contributed by atoms with Gasteiger partial charge in [-0.1, -0.05) is 188 Å². The van der Waals surface area contributed by atoms with Gasteiger partial charge < -0.3 is 0 Å². The molecule has 10 aromatic rings. The van der Waals surface area contributed by atoms with E-state index in [0.717, 1.165) is 50.2 Å². The minimum atomic E-state index is -2.82. The predicted molar refractivity (Wildman–Crippen MR) is 275 cm³/mol. The SMILES string of the molecule is [2H]C([2H])(c1cc(-c2ccccc2-c2cnc(-c3ccccc3)cc2-c2ccc(-c3ccccc3)cc2)cc(C([2H])([2H])C([2H])([2H])c2cnc(-c3ccccc3)cc2C)c1)C([2H])([2H])c1cnc(-c2ccccc2)cc1C. The summed E-state index contributed by atoms with van der Waals surface area (Å²) in [5, 5.41) is 0. The molecule has 7 aromatic carbocycles. The van der Waals surface area contributed by atoms with Crippen molar-refractivity contribution < 1.29 is 11.0 Å². The highest BCUT2D eigenvalue weighted by molar-refractivity contribution is 5.93. The van der Waals surface area contributed by atoms with E-state index in [1.165, 1.54) is 18.5 Å². The van der Waals surface area contributed by atoms with Crippen LogP contribution >= 0.6 is 0 Å². The van der Waals surface area contributed by atoms with Gasteiger partial charge in [0, 0.05) is 51.8 Å². The van der Waals surface area contributed by atoms with Gasteiger partial charge in [0.25, 0.3) is 0 Å². The Hall–Kier alpha value is -8.01. The van der Waals surface area contributed by atoms with E-state index >= 15 is 0 Å². The molecule has 318 valence electrons. The van der Waals surface area contributed by atoms with Crippen LogP contribution in [0.3, 0.4) is 0 Å². The zero-order chi connectivity index (χ0) is 51.8. The quantitative estimate of drug-likeness (QED) is 0.116. The summed E-state index contributed by atoms with van der Waals surface area (Å²) in [6, 6.07) is 64.9. The van der Waals surface area contributed by atoms with Gasteiger partial charge in [-0.05, 0) is 130 Å². The monoisotopic (exact) mass is 857 g/mol. The summed E-state index contributed by atoms with van der Waals surface area (Å²) in [7, 11) is 0. The van der Waals surface area contributed by atoms with Crippen molar-refractivity contribution in [1.29, 1.82) is 0 Å². The molecule has 0 spiro atoms. The zero-order valence-electron chi connectivity index (χ0n) is 44.7. The molecule has 66 heavy (non-hydrogen) atoms. The standard InChI is InChI=1S/C63H51N3/c1-44-35-61(51-19-9-4-10-20-51)64-41-54(44)29-27-46-37-47(28-30-55-42-65-62(36-45(55)2)52-21-11-5-12-22-52)39-56(38-46)57-25-15-16-26-58(57)60-43-66-63(53-23-13-6-14-24-53)40-59(60)50-33-31-49(32-34-50)48-17-7-3-8-18-48/h3-26,31-43H,27-30H2,1-2H3/i27D2,28D2,29D2,30D2. The van der Waals surface area contributed by atoms with Crippen LogP contribution in [-0.2, 0) is 25.5 Å². The second-order valence-corrected chi connectivity index (χ2v) is 16.3. The molecule has 0 aliphatic rings. The second kappa shape index (κ2) is 19.4. The summed E-state index contributed by atoms with van der Waals surface area (Å²) < 4.78 is 77.8. The van der Waals surface area contributed by atoms with Gasteiger partial charge in [0.1, 0.15) is 0 Å². The Balaban J connectivity index is 1.15. The fourth-order valence-corrected chi connectivity index (χ4v) is 8.23. The summed E-state index contributed by atoms with van der Waals surface area (Å²) in [5.74, 6) is 0. The van der Waals surface area contributed by atoms with E-state index in [0.29, 0.717) is 39.2 Å². The Morgan fingerprint density at radius 1 is 0.303 bits per heavy atom. The first-order chi connectivity index (χ1) is 35.5. The van der Waals surface area contributed by atoms with E-state index < -0.39 is 25.5 Å². The highest BCUT2D eigenvalue weighted by atomic mass is 14.7. The van der Waals surface area contributed by atoms with Crippen LogP contribution < -0.4 is 0 Å². The third-order valence-electron chi connectivity index (χ3n) is 11.8. The van der Waals surface area contributed by atoms with Crippen LogP contribution in [0.5, 0.6) is 0 Å². The van der Waals surface area contributed by atoms with E-state index in [2.05, 4.69) is 52.4 Å². The molecule has 0 aliphatic heterocycles. The number of hydrogen-bond acceptors (Lipinski definition) is 3. The van der Waals surface area contributed by atoms with Crippen molar-refractivity contribution in [2.24, 2.45) is 0 Å². The topological polar surface area (TPSA) is 38.7 Å². The van der Waals surface area contributed by atoms with Gasteiger partial charge in [0.2, 0.25) is 0 Å². The number of pyridine rings is 3. The van der Waals surface area contributed by atoms with Crippen LogP contribution in [0.25, 0.3) is 78.3 Å². The number of rotatable bonds is 13. The number of hydrogen-bond donors (Lipinski definition) is 0. The van der Waals surface area contributed by atoms with E-state index in [9.17, 15) is 11.0 Å². The molecule has 0 saturated carbocycles. The van der Waals surface area contributed by atoms with Gasteiger partial charge in [0.05, 0.1) is 17.1 Å². The van der Waals surface area contributed by atoms with Crippen molar-refractivity contribution in [3.63, 3.8) is 0 Å². The van der Waals surface area contributed by atoms with Crippen LogP contribution in [0, 0.1) is 13.8 Å². The highest BCUT2D eigenvalue weighted by Gasteiger charge is 2.17. The molecule has 3 heterocycles. The fourth-order valence-electron chi connectivity index (χ4n) is 8.23. The largest absolute Gasteiger partial charge is 0.256 e. The Morgan fingerprint density at radius 3 is 1.18 bits per heavy atom. The third kappa shape index (κ3) is 9.43. The number of aryl methyl sites for hydroxylation is 6. The molecule has 0 unspecified atom stereocenters. The Kier molecular flexibility index (Phi) is 9.84. The van der Waals surface area contributed by atoms with Gasteiger partial charge in [0.15, 0.2) is 0 Å². The Bertz CT molecular complexity index is 3490. The fraction of sp³-hybridized carbons (Fsp3) is 0.0952. The number of nitrogens with zero attached hydrogens (tertiary/aromatic N) is 3. The molecular weight excluding hydrogens is 799 g/mol. The van der Waals surface area contributed by atoms with E-state index in [1.54, 1.807) is 38.1 Å². The molecule has 0 amide bonds. The van der Waals surface area contributed by atoms with Crippen LogP contribution in [0.2, 0.25) is 0 Å². The molecule has 0 fully saturated rings. The maximum Gasteiger partial charge on any atom is 0.0708 e. The lowest BCUT2D eigenvalue weighted by Crippen LogP contribution is -2.01. The van der Waals surface area contributed by atoms with E-state index in [1.807, 2.05) is 140 Å². The van der Waals surface area contributed by atoms with Gasteiger partial charge in [-0.2, -0.15) is 0 Å². The summed E-state index contributed by atoms with van der Waals surface area (Å²) in [4.78, 5) is 14.2. The average molecular weight is 858 g/mol. The Morgan fingerprint density at radius 2 is 0.697 bits per heavy atom. The van der Waals surface area contributed by atoms with E-state index in [-0.39, 0.29) is 22.3 Å². The van der Waals surface area contributed by atoms with Gasteiger partial charge >= 0.3 is 0 Å². The number of aromatic nitrogens is 3. The molecule has 3 aromatic heterocycles. The van der Waals surface area contributed by atoms with Gasteiger partial charge in [-0.3, -0.25) is 15.0 Å². The molecular formula is C63H51N3. The summed E-state index contributed by atoms with van der Waals surface area (Å²) in [6.45, 7) is 3.46. The minimum Gasteiger partial charge on any atom is -0.256 e. The first-order valence-corrected chi connectivity index (χ1v) is 22.1. The molecule has 0 N–H and O–H groups in total. The molecule has 0 bridgehead atoms. The first-order valence-electron chi connectivity index (χ1n) is 26.1. The van der Waals surface area contributed by atoms with E-state index in [4.69, 9.17) is 4.98 Å². The minimum absolute atomic E-state index is 0.0283. The lowest BCUT2D eigenvalue weighted by Gasteiger charge is -2.18. The summed E-state index contributed by atoms with van der Waals surface area (Å²) in [5.41, 5.74) is 11.5. The lowest BCUT2D eigenvalue weighted by atomic mass is 9.87. The number of benzene rings is 7. The van der Waals surface area contributed by atoms with Crippen molar-refractivity contribution in [2.45, 2.75) is 39.3 Å². The summed E-state index contributed by atoms with van der Waals surface area (Å²) >= 11 is 0. The summed E-state index contributed by atoms with van der Waals surface area (Å²) in [6.07, 6.45) is -6.50. The van der Waals surface area contributed by atoms with Crippen LogP contribution in [-0.4, -0.2) is 15.0 Å². The Labute approximate surface area is 400 Å². The molecule has 3 nitrogen and oxygen atoms in total. The molecule has 0 radical (unpaired) electrons. The van der Waals surface area contributed by atoms with Gasteiger partial charge in [-0.15, -0.1) is 0 Å². The van der Waals surface area contributed by atoms with Gasteiger partial charge in [-0.25, -0.2) is 0 Å². The van der Waals surface area contributed by atoms with Crippen molar-refractivity contribution in [3.8, 4) is 78.3 Å². The molecule has 10 rings (SSSR count). The predicted octanol–water partition coefficient (Wildman–Crippen LogP) is 15.7. The highest BCUT2D eigenvalue weighted by Crippen LogP contribution is 2.41. The van der Waals surface area contributed by atoms with Crippen LogP contribution in [0.1, 0.15) is 44.3 Å². The third-order valence-corrected chi connectivity index (χ3v) is 11.8. The first kappa shape index (κ1) is 33.5. The van der Waals surface area contributed by atoms with Crippen LogP contribution in [0.4, 0.5) is 0 Å². The van der Waals surface area contributed by atoms with Crippen molar-refractivity contribution >= 4 is 0 Å². The normalized spacial score (nSPS) is 13.8. The van der Waals surface area contributed by atoms with Crippen molar-refractivity contribution in [1.82, 2.24) is 15.0 Å². The lowest BCUT2D eigenvalue weighted by molar-refractivity contribution is 0.913. The molecule has 0 aliphatic carbocycles. The second-order valence-electron chi connectivity index (χ2n) is 16.3. The smallest absolute Gasteiger partial charge is 0.0708 e. The van der Waals surface area contributed by atoms with Crippen molar-refractivity contribution in [3.05, 3.63) is 258 Å². The van der Waals surface area contributed by atoms with Crippen LogP contribution in [0.15, 0.2) is 225 Å². The van der Waals surface area contributed by atoms with Crippen molar-refractivity contribution in [2.75, 3.05) is 0 Å². The molecule has 3 heteroatoms. The average Bonchev–Trinajstić information content (AvgIpc) is 3.43. The molecule has 0 saturated heterocycles. The maximum atomic E-state index is 9.82. The zero-order valence-corrected chi connectivity index (χ0v) is 36.7. The molecule has 0 atom stereocenters. The maximum absolute atomic E-state index is 9.82.